The van der Waals surface area contributed by atoms with Crippen molar-refractivity contribution >= 4 is 15.9 Å². The van der Waals surface area contributed by atoms with Crippen molar-refractivity contribution in [1.82, 2.24) is 0 Å². The van der Waals surface area contributed by atoms with Crippen LogP contribution in [0.25, 0.3) is 0 Å². The Morgan fingerprint density at radius 3 is 2.32 bits per heavy atom. The van der Waals surface area contributed by atoms with Gasteiger partial charge in [0.05, 0.1) is 6.61 Å². The molecule has 1 atom stereocenters. The molecule has 0 unspecified atom stereocenters. The summed E-state index contributed by atoms with van der Waals surface area (Å²) >= 11 is 3.25. The van der Waals surface area contributed by atoms with Crippen LogP contribution in [-0.4, -0.2) is 22.9 Å². The summed E-state index contributed by atoms with van der Waals surface area (Å²) in [4.78, 5) is 1.91. The van der Waals surface area contributed by atoms with Crippen molar-refractivity contribution < 1.29 is 10.2 Å². The van der Waals surface area contributed by atoms with Gasteiger partial charge in [0.25, 0.3) is 0 Å². The van der Waals surface area contributed by atoms with E-state index in [9.17, 15) is 0 Å². The first-order chi connectivity index (χ1) is 9.31. The molecule has 104 valence electrons. The number of hydrogen-bond acceptors (Lipinski definition) is 2. The Kier molecular flexibility index (Phi) is 14.3. The average molecular weight is 325 g/mol. The molecule has 0 spiro atoms. The van der Waals surface area contributed by atoms with Crippen molar-refractivity contribution in [2.24, 2.45) is 0 Å². The highest BCUT2D eigenvalue weighted by atomic mass is 79.9. The van der Waals surface area contributed by atoms with E-state index in [1.54, 1.807) is 6.08 Å². The number of halogens is 1. The zero-order chi connectivity index (χ0) is 14.2. The summed E-state index contributed by atoms with van der Waals surface area (Å²) in [7, 11) is 0. The molecular formula is C16H21BrO2. The molecule has 0 saturated heterocycles. The molecule has 0 aliphatic carbocycles. The van der Waals surface area contributed by atoms with E-state index in [1.165, 1.54) is 25.7 Å². The lowest BCUT2D eigenvalue weighted by Crippen LogP contribution is -2.07. The van der Waals surface area contributed by atoms with E-state index in [4.69, 9.17) is 10.2 Å². The first kappa shape index (κ1) is 18.0. The molecule has 2 N–H and O–H groups in total. The Balaban J connectivity index is 3.48. The molecule has 0 aliphatic rings. The fourth-order valence-electron chi connectivity index (χ4n) is 1.33. The van der Waals surface area contributed by atoms with Crippen molar-refractivity contribution in [3.63, 3.8) is 0 Å². The molecule has 0 saturated carbocycles. The molecule has 0 aliphatic heterocycles. The van der Waals surface area contributed by atoms with Crippen LogP contribution in [0, 0.1) is 23.7 Å². The van der Waals surface area contributed by atoms with Crippen LogP contribution in [0.4, 0.5) is 0 Å². The summed E-state index contributed by atoms with van der Waals surface area (Å²) in [5, 5.41) is 17.4. The molecule has 3 heteroatoms. The highest BCUT2D eigenvalue weighted by Crippen LogP contribution is 2.06. The van der Waals surface area contributed by atoms with Crippen LogP contribution >= 0.6 is 15.9 Å². The number of rotatable bonds is 8. The zero-order valence-corrected chi connectivity index (χ0v) is 12.7. The fourth-order valence-corrected chi connectivity index (χ4v) is 1.59. The van der Waals surface area contributed by atoms with Gasteiger partial charge in [-0.05, 0) is 48.6 Å². The topological polar surface area (TPSA) is 40.5 Å². The molecule has 0 aromatic carbocycles. The minimum absolute atomic E-state index is 0.351. The van der Waals surface area contributed by atoms with E-state index in [1.807, 2.05) is 11.1 Å². The first-order valence-electron chi connectivity index (χ1n) is 6.51. The van der Waals surface area contributed by atoms with Gasteiger partial charge in [0, 0.05) is 0 Å². The molecular weight excluding hydrogens is 304 g/mol. The third kappa shape index (κ3) is 14.9. The van der Waals surface area contributed by atoms with Crippen LogP contribution in [-0.2, 0) is 0 Å². The second-order valence-corrected chi connectivity index (χ2v) is 4.52. The number of allylic oxidation sites excluding steroid dienone is 3. The number of aliphatic hydroxyl groups excluding tert-OH is 2. The second kappa shape index (κ2) is 15.1. The molecule has 0 amide bonds. The quantitative estimate of drug-likeness (QED) is 0.532. The Labute approximate surface area is 124 Å². The Hall–Kier alpha value is -1.000. The maximum Gasteiger partial charge on any atom is 0.138 e. The van der Waals surface area contributed by atoms with Crippen molar-refractivity contribution in [3.05, 3.63) is 23.2 Å². The fraction of sp³-hybridized carbons (Fsp3) is 0.500. The average Bonchev–Trinajstić information content (AvgIpc) is 2.43. The van der Waals surface area contributed by atoms with Gasteiger partial charge in [-0.1, -0.05) is 52.8 Å². The summed E-state index contributed by atoms with van der Waals surface area (Å²) in [6.07, 6.45) is 12.1. The summed E-state index contributed by atoms with van der Waals surface area (Å²) in [6, 6.07) is 0. The minimum atomic E-state index is -0.988. The monoisotopic (exact) mass is 324 g/mol. The third-order valence-corrected chi connectivity index (χ3v) is 2.70. The molecule has 0 rings (SSSR count). The Bertz CT molecular complexity index is 377. The Morgan fingerprint density at radius 1 is 1.00 bits per heavy atom. The van der Waals surface area contributed by atoms with E-state index in [-0.39, 0.29) is 6.61 Å². The van der Waals surface area contributed by atoms with Gasteiger partial charge >= 0.3 is 0 Å². The van der Waals surface area contributed by atoms with E-state index in [0.717, 1.165) is 12.8 Å². The van der Waals surface area contributed by atoms with E-state index in [0.29, 0.717) is 0 Å². The lowest BCUT2D eigenvalue weighted by atomic mass is 10.1. The molecule has 0 aromatic heterocycles. The molecule has 0 fully saturated rings. The number of unbranched alkanes of at least 4 members (excludes halogenated alkanes) is 5. The largest absolute Gasteiger partial charge is 0.393 e. The molecule has 2 nitrogen and oxygen atoms in total. The standard InChI is InChI=1S/C16H21BrO2/c17-14-12-10-8-6-4-2-1-3-5-7-9-11-13-16(19)15-18/h3,5,12,14,16,18-19H,1-2,4,6,8,10,15H2/b5-3+,14-12+/t16-/m1/s1. The lowest BCUT2D eigenvalue weighted by Gasteiger charge is -1.95. The van der Waals surface area contributed by atoms with Crippen LogP contribution in [0.15, 0.2) is 23.2 Å². The van der Waals surface area contributed by atoms with E-state index < -0.39 is 6.10 Å². The van der Waals surface area contributed by atoms with Crippen molar-refractivity contribution in [1.29, 1.82) is 0 Å². The van der Waals surface area contributed by atoms with Gasteiger partial charge < -0.3 is 10.2 Å². The highest BCUT2D eigenvalue weighted by Gasteiger charge is 1.90. The van der Waals surface area contributed by atoms with E-state index in [2.05, 4.69) is 45.7 Å². The SMILES string of the molecule is OC[C@H](O)C#CC#C/C=C/CCCCCC/C=C/Br. The van der Waals surface area contributed by atoms with Gasteiger partial charge in [-0.25, -0.2) is 0 Å². The second-order valence-electron chi connectivity index (χ2n) is 3.99. The Morgan fingerprint density at radius 2 is 1.68 bits per heavy atom. The van der Waals surface area contributed by atoms with Crippen LogP contribution in [0.5, 0.6) is 0 Å². The number of aliphatic hydroxyl groups is 2. The maximum atomic E-state index is 8.92. The predicted octanol–water partition coefficient (Wildman–Crippen LogP) is 3.15. The van der Waals surface area contributed by atoms with Gasteiger partial charge in [0.1, 0.15) is 6.10 Å². The maximum absolute atomic E-state index is 8.92. The smallest absolute Gasteiger partial charge is 0.138 e. The minimum Gasteiger partial charge on any atom is -0.393 e. The summed E-state index contributed by atoms with van der Waals surface area (Å²) in [6.45, 7) is -0.351. The molecule has 19 heavy (non-hydrogen) atoms. The van der Waals surface area contributed by atoms with Crippen molar-refractivity contribution in [2.45, 2.75) is 44.6 Å². The zero-order valence-electron chi connectivity index (χ0n) is 11.1. The van der Waals surface area contributed by atoms with Crippen molar-refractivity contribution in [3.8, 4) is 23.7 Å². The lowest BCUT2D eigenvalue weighted by molar-refractivity contribution is 0.138. The molecule has 0 heterocycles. The first-order valence-corrected chi connectivity index (χ1v) is 7.43. The summed E-state index contributed by atoms with van der Waals surface area (Å²) in [5.41, 5.74) is 0. The van der Waals surface area contributed by atoms with Gasteiger partial charge in [-0.15, -0.1) is 0 Å². The highest BCUT2D eigenvalue weighted by molar-refractivity contribution is 9.11. The van der Waals surface area contributed by atoms with Crippen LogP contribution in [0.3, 0.4) is 0 Å². The van der Waals surface area contributed by atoms with Crippen LogP contribution < -0.4 is 0 Å². The number of hydrogen-bond donors (Lipinski definition) is 2. The van der Waals surface area contributed by atoms with Gasteiger partial charge in [-0.3, -0.25) is 0 Å². The van der Waals surface area contributed by atoms with Gasteiger partial charge in [0.2, 0.25) is 0 Å². The van der Waals surface area contributed by atoms with Crippen LogP contribution in [0.1, 0.15) is 38.5 Å². The molecule has 0 aromatic rings. The van der Waals surface area contributed by atoms with Crippen molar-refractivity contribution in [2.75, 3.05) is 6.61 Å². The third-order valence-electron chi connectivity index (χ3n) is 2.33. The van der Waals surface area contributed by atoms with E-state index >= 15 is 0 Å². The normalized spacial score (nSPS) is 11.9. The van der Waals surface area contributed by atoms with Gasteiger partial charge in [0.15, 0.2) is 0 Å². The van der Waals surface area contributed by atoms with Crippen LogP contribution in [0.2, 0.25) is 0 Å². The van der Waals surface area contributed by atoms with Gasteiger partial charge in [-0.2, -0.15) is 0 Å². The molecule has 0 bridgehead atoms. The predicted molar refractivity (Wildman–Crippen MR) is 83.6 cm³/mol. The summed E-state index contributed by atoms with van der Waals surface area (Å²) < 4.78 is 0. The molecule has 0 radical (unpaired) electrons. The summed E-state index contributed by atoms with van der Waals surface area (Å²) in [5.74, 6) is 10.3.